The van der Waals surface area contributed by atoms with Crippen LogP contribution in [0.4, 0.5) is 10.1 Å². The molecule has 3 aromatic carbocycles. The second-order valence-corrected chi connectivity index (χ2v) is 11.6. The molecule has 0 fully saturated rings. The van der Waals surface area contributed by atoms with E-state index in [1.165, 1.54) is 6.07 Å². The maximum absolute atomic E-state index is 14.7. The Kier molecular flexibility index (Phi) is 10.6. The summed E-state index contributed by atoms with van der Waals surface area (Å²) in [5.74, 6) is 0.946. The number of hydrogen-bond acceptors (Lipinski definition) is 7. The van der Waals surface area contributed by atoms with Crippen LogP contribution >= 0.6 is 11.3 Å². The number of thiazole rings is 1. The van der Waals surface area contributed by atoms with Gasteiger partial charge in [-0.15, -0.1) is 11.3 Å². The van der Waals surface area contributed by atoms with Crippen molar-refractivity contribution in [2.75, 3.05) is 11.9 Å². The minimum absolute atomic E-state index is 0.0165. The molecule has 8 heteroatoms. The fourth-order valence-corrected chi connectivity index (χ4v) is 5.43. The molecule has 1 aromatic heterocycles. The molecule has 222 valence electrons. The first-order valence-corrected chi connectivity index (χ1v) is 15.1. The van der Waals surface area contributed by atoms with Gasteiger partial charge in [0.15, 0.2) is 0 Å². The Bertz CT molecular complexity index is 1510. The van der Waals surface area contributed by atoms with Crippen LogP contribution in [0.15, 0.2) is 53.9 Å². The van der Waals surface area contributed by atoms with E-state index in [0.717, 1.165) is 50.0 Å². The second kappa shape index (κ2) is 14.3. The molecule has 0 radical (unpaired) electrons. The molecular weight excluding hydrogens is 551 g/mol. The number of nitrogens with one attached hydrogen (secondary N) is 1. The third-order valence-electron chi connectivity index (χ3n) is 6.69. The summed E-state index contributed by atoms with van der Waals surface area (Å²) in [6, 6.07) is 15.3. The van der Waals surface area contributed by atoms with Gasteiger partial charge in [0.25, 0.3) is 0 Å². The highest BCUT2D eigenvalue weighted by Gasteiger charge is 2.16. The van der Waals surface area contributed by atoms with Crippen molar-refractivity contribution in [3.8, 4) is 22.6 Å². The number of nitrogens with zero attached hydrogens (tertiary/aromatic N) is 1. The highest BCUT2D eigenvalue weighted by molar-refractivity contribution is 7.09. The third kappa shape index (κ3) is 8.32. The lowest BCUT2D eigenvalue weighted by atomic mass is 9.93. The maximum Gasteiger partial charge on any atom is 0.306 e. The first-order chi connectivity index (χ1) is 20.1. The van der Waals surface area contributed by atoms with E-state index in [4.69, 9.17) is 14.2 Å². The van der Waals surface area contributed by atoms with Gasteiger partial charge in [0.05, 0.1) is 23.4 Å². The van der Waals surface area contributed by atoms with Crippen molar-refractivity contribution in [3.63, 3.8) is 0 Å². The van der Waals surface area contributed by atoms with Gasteiger partial charge in [-0.05, 0) is 112 Å². The molecule has 0 atom stereocenters. The summed E-state index contributed by atoms with van der Waals surface area (Å²) < 4.78 is 31.9. The first-order valence-electron chi connectivity index (χ1n) is 14.3. The molecule has 4 rings (SSSR count). The van der Waals surface area contributed by atoms with Crippen molar-refractivity contribution < 1.29 is 23.4 Å². The topological polar surface area (TPSA) is 69.7 Å². The normalized spacial score (nSPS) is 11.0. The Balaban J connectivity index is 1.52. The lowest BCUT2D eigenvalue weighted by molar-refractivity contribution is -0.143. The van der Waals surface area contributed by atoms with Crippen molar-refractivity contribution in [3.05, 3.63) is 92.7 Å². The van der Waals surface area contributed by atoms with E-state index in [-0.39, 0.29) is 24.3 Å². The number of anilines is 1. The zero-order valence-corrected chi connectivity index (χ0v) is 26.0. The standard InChI is InChI=1S/C34H39FN2O4S/c1-7-39-33(38)13-10-26-9-11-27(17-31(26)35)36-18-25-8-12-32(41-21(2)3)30(16-25)34-22(4)14-29(15-23(34)5)40-19-28-20-42-24(6)37-28/h8-9,11-12,14-17,20-21,36H,7,10,13,18-19H2,1-6H3. The Morgan fingerprint density at radius 1 is 1.05 bits per heavy atom. The van der Waals surface area contributed by atoms with E-state index in [0.29, 0.717) is 37.4 Å². The molecule has 1 N–H and O–H groups in total. The van der Waals surface area contributed by atoms with Gasteiger partial charge in [-0.25, -0.2) is 9.37 Å². The largest absolute Gasteiger partial charge is 0.490 e. The van der Waals surface area contributed by atoms with Gasteiger partial charge < -0.3 is 19.5 Å². The lowest BCUT2D eigenvalue weighted by Gasteiger charge is -2.20. The minimum atomic E-state index is -0.343. The summed E-state index contributed by atoms with van der Waals surface area (Å²) in [7, 11) is 0. The van der Waals surface area contributed by atoms with Gasteiger partial charge >= 0.3 is 5.97 Å². The quantitative estimate of drug-likeness (QED) is 0.158. The van der Waals surface area contributed by atoms with Gasteiger partial charge in [-0.1, -0.05) is 12.1 Å². The average Bonchev–Trinajstić information content (AvgIpc) is 3.36. The number of benzene rings is 3. The van der Waals surface area contributed by atoms with Crippen LogP contribution in [0.5, 0.6) is 11.5 Å². The molecular formula is C34H39FN2O4S. The van der Waals surface area contributed by atoms with Crippen molar-refractivity contribution >= 4 is 23.0 Å². The number of aromatic nitrogens is 1. The van der Waals surface area contributed by atoms with Gasteiger partial charge in [0.1, 0.15) is 23.9 Å². The summed E-state index contributed by atoms with van der Waals surface area (Å²) in [5.41, 5.74) is 7.38. The molecule has 4 aromatic rings. The predicted molar refractivity (Wildman–Crippen MR) is 167 cm³/mol. The highest BCUT2D eigenvalue weighted by atomic mass is 32.1. The van der Waals surface area contributed by atoms with E-state index in [1.54, 1.807) is 24.3 Å². The fourth-order valence-electron chi connectivity index (χ4n) is 4.84. The predicted octanol–water partition coefficient (Wildman–Crippen LogP) is 8.35. The molecule has 42 heavy (non-hydrogen) atoms. The Morgan fingerprint density at radius 2 is 1.81 bits per heavy atom. The summed E-state index contributed by atoms with van der Waals surface area (Å²) in [6.07, 6.45) is 0.476. The Labute approximate surface area is 251 Å². The third-order valence-corrected chi connectivity index (χ3v) is 7.51. The van der Waals surface area contributed by atoms with Gasteiger partial charge in [-0.2, -0.15) is 0 Å². The van der Waals surface area contributed by atoms with Crippen LogP contribution in [0.2, 0.25) is 0 Å². The number of aryl methyl sites for hydroxylation is 4. The molecule has 0 aliphatic carbocycles. The van der Waals surface area contributed by atoms with Gasteiger partial charge in [0.2, 0.25) is 0 Å². The van der Waals surface area contributed by atoms with E-state index in [1.807, 2.05) is 44.4 Å². The molecule has 6 nitrogen and oxygen atoms in total. The van der Waals surface area contributed by atoms with E-state index in [2.05, 4.69) is 42.3 Å². The Hall–Kier alpha value is -3.91. The number of carbonyl (C=O) groups excluding carboxylic acids is 1. The summed E-state index contributed by atoms with van der Waals surface area (Å²) in [4.78, 5) is 16.1. The van der Waals surface area contributed by atoms with Gasteiger partial charge in [-0.3, -0.25) is 4.79 Å². The smallest absolute Gasteiger partial charge is 0.306 e. The van der Waals surface area contributed by atoms with Crippen LogP contribution in [0.25, 0.3) is 11.1 Å². The molecule has 0 aliphatic heterocycles. The molecule has 0 aliphatic rings. The zero-order valence-electron chi connectivity index (χ0n) is 25.2. The number of hydrogen-bond donors (Lipinski definition) is 1. The summed E-state index contributed by atoms with van der Waals surface area (Å²) in [5, 5.41) is 6.37. The van der Waals surface area contributed by atoms with E-state index >= 15 is 0 Å². The van der Waals surface area contributed by atoms with Crippen LogP contribution in [-0.4, -0.2) is 23.7 Å². The van der Waals surface area contributed by atoms with Crippen molar-refractivity contribution in [1.82, 2.24) is 4.98 Å². The second-order valence-electron chi connectivity index (χ2n) is 10.5. The molecule has 0 saturated heterocycles. The van der Waals surface area contributed by atoms with E-state index < -0.39 is 0 Å². The van der Waals surface area contributed by atoms with Crippen molar-refractivity contribution in [2.45, 2.75) is 73.6 Å². The van der Waals surface area contributed by atoms with Crippen LogP contribution in [0, 0.1) is 26.6 Å². The lowest BCUT2D eigenvalue weighted by Crippen LogP contribution is -2.08. The molecule has 0 saturated carbocycles. The zero-order chi connectivity index (χ0) is 30.2. The monoisotopic (exact) mass is 590 g/mol. The number of rotatable bonds is 13. The van der Waals surface area contributed by atoms with Crippen molar-refractivity contribution in [2.24, 2.45) is 0 Å². The Morgan fingerprint density at radius 3 is 2.45 bits per heavy atom. The van der Waals surface area contributed by atoms with Crippen LogP contribution in [0.3, 0.4) is 0 Å². The SMILES string of the molecule is CCOC(=O)CCc1ccc(NCc2ccc(OC(C)C)c(-c3c(C)cc(OCc4csc(C)n4)cc3C)c2)cc1F. The minimum Gasteiger partial charge on any atom is -0.490 e. The average molecular weight is 591 g/mol. The summed E-state index contributed by atoms with van der Waals surface area (Å²) >= 11 is 1.62. The van der Waals surface area contributed by atoms with Crippen molar-refractivity contribution in [1.29, 1.82) is 0 Å². The molecule has 0 unspecified atom stereocenters. The summed E-state index contributed by atoms with van der Waals surface area (Å²) in [6.45, 7) is 13.2. The number of esters is 1. The molecule has 1 heterocycles. The number of halogens is 1. The van der Waals surface area contributed by atoms with Crippen LogP contribution < -0.4 is 14.8 Å². The highest BCUT2D eigenvalue weighted by Crippen LogP contribution is 2.38. The number of carbonyl (C=O) groups is 1. The molecule has 0 spiro atoms. The fraction of sp³-hybridized carbons (Fsp3) is 0.353. The van der Waals surface area contributed by atoms with E-state index in [9.17, 15) is 9.18 Å². The van der Waals surface area contributed by atoms with Crippen LogP contribution in [-0.2, 0) is 29.1 Å². The first kappa shape index (κ1) is 31.0. The number of ether oxygens (including phenoxy) is 3. The van der Waals surface area contributed by atoms with Gasteiger partial charge in [0, 0.05) is 29.6 Å². The molecule has 0 bridgehead atoms. The molecule has 0 amide bonds. The maximum atomic E-state index is 14.7. The van der Waals surface area contributed by atoms with Crippen LogP contribution in [0.1, 0.15) is 60.1 Å².